The molecule has 6 aromatic carbocycles. The third kappa shape index (κ3) is 5.25. The average Bonchev–Trinajstić information content (AvgIpc) is 3.34. The smallest absolute Gasteiger partial charge is 0.0546 e. The van der Waals surface area contributed by atoms with Gasteiger partial charge in [-0.15, -0.1) is 0 Å². The largest absolute Gasteiger partial charge is 0.310 e. The molecular formula is C47H47N. The summed E-state index contributed by atoms with van der Waals surface area (Å²) in [5, 5.41) is 2.52. The van der Waals surface area contributed by atoms with Gasteiger partial charge >= 0.3 is 0 Å². The van der Waals surface area contributed by atoms with Crippen molar-refractivity contribution in [2.24, 2.45) is 0 Å². The molecule has 240 valence electrons. The van der Waals surface area contributed by atoms with Crippen molar-refractivity contribution in [3.05, 3.63) is 150 Å². The highest BCUT2D eigenvalue weighted by Gasteiger charge is 2.36. The van der Waals surface area contributed by atoms with Crippen LogP contribution in [0, 0.1) is 0 Å². The lowest BCUT2D eigenvalue weighted by molar-refractivity contribution is 0.443. The highest BCUT2D eigenvalue weighted by molar-refractivity contribution is 5.99. The fourth-order valence-electron chi connectivity index (χ4n) is 8.61. The van der Waals surface area contributed by atoms with E-state index in [4.69, 9.17) is 0 Å². The Kier molecular flexibility index (Phi) is 7.55. The maximum Gasteiger partial charge on any atom is 0.0546 e. The van der Waals surface area contributed by atoms with Crippen LogP contribution < -0.4 is 4.90 Å². The molecule has 0 aliphatic heterocycles. The minimum atomic E-state index is -0.0808. The predicted octanol–water partition coefficient (Wildman–Crippen LogP) is 13.6. The number of benzene rings is 6. The molecule has 2 aliphatic rings. The summed E-state index contributed by atoms with van der Waals surface area (Å²) < 4.78 is 0. The van der Waals surface area contributed by atoms with E-state index in [9.17, 15) is 0 Å². The van der Waals surface area contributed by atoms with E-state index in [2.05, 4.69) is 167 Å². The lowest BCUT2D eigenvalue weighted by Crippen LogP contribution is -2.17. The van der Waals surface area contributed by atoms with E-state index in [-0.39, 0.29) is 10.8 Å². The van der Waals surface area contributed by atoms with Gasteiger partial charge in [-0.05, 0) is 110 Å². The maximum atomic E-state index is 2.56. The van der Waals surface area contributed by atoms with Gasteiger partial charge in [0.05, 0.1) is 5.69 Å². The normalized spacial score (nSPS) is 15.7. The highest BCUT2D eigenvalue weighted by Crippen LogP contribution is 2.52. The Bertz CT molecular complexity index is 2140. The second kappa shape index (κ2) is 11.8. The lowest BCUT2D eigenvalue weighted by Gasteiger charge is -2.32. The van der Waals surface area contributed by atoms with Gasteiger partial charge in [0.25, 0.3) is 0 Å². The zero-order valence-corrected chi connectivity index (χ0v) is 29.2. The van der Waals surface area contributed by atoms with Crippen LogP contribution in [0.2, 0.25) is 0 Å². The Morgan fingerprint density at radius 1 is 0.542 bits per heavy atom. The molecule has 6 aromatic rings. The molecule has 1 heteroatoms. The molecule has 0 N–H and O–H groups in total. The van der Waals surface area contributed by atoms with Crippen LogP contribution in [0.15, 0.2) is 127 Å². The fraction of sp³-hybridized carbons (Fsp3) is 0.277. The van der Waals surface area contributed by atoms with Crippen LogP contribution >= 0.6 is 0 Å². The van der Waals surface area contributed by atoms with Gasteiger partial charge in [-0.2, -0.15) is 0 Å². The van der Waals surface area contributed by atoms with Crippen LogP contribution in [0.5, 0.6) is 0 Å². The second-order valence-corrected chi connectivity index (χ2v) is 15.7. The first-order valence-corrected chi connectivity index (χ1v) is 18.0. The van der Waals surface area contributed by atoms with Crippen LogP contribution in [0.3, 0.4) is 0 Å². The quantitative estimate of drug-likeness (QED) is 0.184. The number of nitrogens with zero attached hydrogens (tertiary/aromatic N) is 1. The van der Waals surface area contributed by atoms with Gasteiger partial charge in [-0.3, -0.25) is 0 Å². The van der Waals surface area contributed by atoms with E-state index >= 15 is 0 Å². The zero-order valence-electron chi connectivity index (χ0n) is 29.2. The third-order valence-corrected chi connectivity index (χ3v) is 11.2. The van der Waals surface area contributed by atoms with E-state index in [1.807, 2.05) is 0 Å². The summed E-state index contributed by atoms with van der Waals surface area (Å²) >= 11 is 0. The van der Waals surface area contributed by atoms with E-state index in [1.165, 1.54) is 104 Å². The monoisotopic (exact) mass is 625 g/mol. The third-order valence-electron chi connectivity index (χ3n) is 11.2. The summed E-state index contributed by atoms with van der Waals surface area (Å²) in [7, 11) is 0. The summed E-state index contributed by atoms with van der Waals surface area (Å²) in [5.74, 6) is 0.631. The first-order chi connectivity index (χ1) is 23.2. The predicted molar refractivity (Wildman–Crippen MR) is 206 cm³/mol. The van der Waals surface area contributed by atoms with Crippen molar-refractivity contribution in [2.75, 3.05) is 4.90 Å². The zero-order chi connectivity index (χ0) is 33.0. The number of rotatable bonds is 5. The average molecular weight is 626 g/mol. The standard InChI is InChI=1S/C47H47N/c1-46(2,3)42-24-13-11-23-39(42)41-29-34-18-9-10-19-35(34)30-45(41)48(36-21-15-20-33(28-36)32-16-7-6-8-17-32)37-26-27-40-38-22-12-14-25-43(38)47(4,5)44(40)31-37/h9-15,18-32H,6-8,16-17H2,1-5H3. The van der Waals surface area contributed by atoms with Gasteiger partial charge in [0.15, 0.2) is 0 Å². The molecule has 8 rings (SSSR count). The highest BCUT2D eigenvalue weighted by atomic mass is 15.1. The summed E-state index contributed by atoms with van der Waals surface area (Å²) in [6.45, 7) is 11.8. The molecule has 0 bridgehead atoms. The molecule has 1 saturated carbocycles. The Morgan fingerprint density at radius 2 is 1.19 bits per heavy atom. The van der Waals surface area contributed by atoms with Crippen molar-refractivity contribution >= 4 is 27.8 Å². The number of hydrogen-bond donors (Lipinski definition) is 0. The Hall–Kier alpha value is -4.62. The van der Waals surface area contributed by atoms with Gasteiger partial charge in [-0.1, -0.05) is 145 Å². The van der Waals surface area contributed by atoms with Gasteiger partial charge < -0.3 is 4.90 Å². The van der Waals surface area contributed by atoms with Crippen LogP contribution in [0.4, 0.5) is 17.1 Å². The number of fused-ring (bicyclic) bond motifs is 4. The summed E-state index contributed by atoms with van der Waals surface area (Å²) in [6, 6.07) is 48.4. The Labute approximate surface area is 287 Å². The van der Waals surface area contributed by atoms with E-state index < -0.39 is 0 Å². The van der Waals surface area contributed by atoms with Gasteiger partial charge in [-0.25, -0.2) is 0 Å². The molecule has 0 atom stereocenters. The van der Waals surface area contributed by atoms with Crippen LogP contribution in [0.1, 0.15) is 94.9 Å². The number of hydrogen-bond acceptors (Lipinski definition) is 1. The van der Waals surface area contributed by atoms with Crippen LogP contribution in [0.25, 0.3) is 33.0 Å². The number of anilines is 3. The first-order valence-electron chi connectivity index (χ1n) is 18.0. The van der Waals surface area contributed by atoms with Crippen molar-refractivity contribution in [1.82, 2.24) is 0 Å². The van der Waals surface area contributed by atoms with E-state index in [1.54, 1.807) is 0 Å². The molecule has 48 heavy (non-hydrogen) atoms. The van der Waals surface area contributed by atoms with Crippen LogP contribution in [-0.4, -0.2) is 0 Å². The SMILES string of the molecule is CC(C)(C)c1ccccc1-c1cc2ccccc2cc1N(c1cccc(C2CCCCC2)c1)c1ccc2c(c1)C(C)(C)c1ccccc1-2. The molecular weight excluding hydrogens is 579 g/mol. The molecule has 0 heterocycles. The minimum absolute atomic E-state index is 0.00535. The second-order valence-electron chi connectivity index (χ2n) is 15.7. The van der Waals surface area contributed by atoms with Gasteiger partial charge in [0.2, 0.25) is 0 Å². The van der Waals surface area contributed by atoms with E-state index in [0.29, 0.717) is 5.92 Å². The van der Waals surface area contributed by atoms with Crippen molar-refractivity contribution < 1.29 is 0 Å². The lowest BCUT2D eigenvalue weighted by atomic mass is 9.81. The fourth-order valence-corrected chi connectivity index (χ4v) is 8.61. The topological polar surface area (TPSA) is 3.24 Å². The van der Waals surface area contributed by atoms with Gasteiger partial charge in [0, 0.05) is 22.4 Å². The molecule has 0 unspecified atom stereocenters. The van der Waals surface area contributed by atoms with Gasteiger partial charge in [0.1, 0.15) is 0 Å². The van der Waals surface area contributed by atoms with Crippen molar-refractivity contribution in [3.63, 3.8) is 0 Å². The molecule has 0 radical (unpaired) electrons. The molecule has 2 aliphatic carbocycles. The Morgan fingerprint density at radius 3 is 1.96 bits per heavy atom. The molecule has 0 aromatic heterocycles. The Balaban J connectivity index is 1.40. The van der Waals surface area contributed by atoms with Crippen molar-refractivity contribution in [3.8, 4) is 22.3 Å². The van der Waals surface area contributed by atoms with E-state index in [0.717, 1.165) is 0 Å². The summed E-state index contributed by atoms with van der Waals surface area (Å²) in [6.07, 6.45) is 6.60. The summed E-state index contributed by atoms with van der Waals surface area (Å²) in [4.78, 5) is 2.56. The molecule has 1 nitrogen and oxygen atoms in total. The molecule has 0 spiro atoms. The maximum absolute atomic E-state index is 2.56. The minimum Gasteiger partial charge on any atom is -0.310 e. The first kappa shape index (κ1) is 30.7. The summed E-state index contributed by atoms with van der Waals surface area (Å²) in [5.41, 5.74) is 14.5. The van der Waals surface area contributed by atoms with Crippen molar-refractivity contribution in [1.29, 1.82) is 0 Å². The van der Waals surface area contributed by atoms with Crippen LogP contribution in [-0.2, 0) is 10.8 Å². The molecule has 1 fully saturated rings. The molecule has 0 amide bonds. The molecule has 0 saturated heterocycles. The van der Waals surface area contributed by atoms with Crippen molar-refractivity contribution in [2.45, 2.75) is 83.5 Å².